The summed E-state index contributed by atoms with van der Waals surface area (Å²) in [5.41, 5.74) is 0. The molecule has 1 N–H and O–H groups in total. The molecule has 1 amide bonds. The van der Waals surface area contributed by atoms with Crippen LogP contribution in [0.5, 0.6) is 0 Å². The number of hydrogen-bond donors (Lipinski definition) is 1. The van der Waals surface area contributed by atoms with Crippen molar-refractivity contribution in [3.05, 3.63) is 23.7 Å². The van der Waals surface area contributed by atoms with E-state index in [1.807, 2.05) is 13.8 Å². The van der Waals surface area contributed by atoms with E-state index < -0.39 is 0 Å². The fourth-order valence-electron chi connectivity index (χ4n) is 1.02. The van der Waals surface area contributed by atoms with E-state index in [4.69, 9.17) is 16.0 Å². The smallest absolute Gasteiger partial charge is 0.287 e. The van der Waals surface area contributed by atoms with E-state index in [9.17, 15) is 4.79 Å². The van der Waals surface area contributed by atoms with Crippen LogP contribution in [-0.4, -0.2) is 11.9 Å². The number of furan rings is 1. The van der Waals surface area contributed by atoms with Gasteiger partial charge in [-0.2, -0.15) is 0 Å². The molecular formula is C10H14ClNO2. The average Bonchev–Trinajstić information content (AvgIpc) is 2.50. The molecule has 0 saturated heterocycles. The number of hydrogen-bond acceptors (Lipinski definition) is 2. The van der Waals surface area contributed by atoms with E-state index >= 15 is 0 Å². The number of halogens is 1. The molecule has 0 bridgehead atoms. The second kappa shape index (κ2) is 4.51. The molecule has 0 aromatic carbocycles. The Kier molecular flexibility index (Phi) is 3.58. The number of carbonyl (C=O) groups is 1. The summed E-state index contributed by atoms with van der Waals surface area (Å²) >= 11 is 5.80. The highest BCUT2D eigenvalue weighted by molar-refractivity contribution is 6.20. The molecule has 0 aliphatic rings. The van der Waals surface area contributed by atoms with Crippen LogP contribution in [0.1, 0.15) is 42.5 Å². The summed E-state index contributed by atoms with van der Waals surface area (Å²) in [4.78, 5) is 11.4. The zero-order valence-corrected chi connectivity index (χ0v) is 9.26. The predicted molar refractivity (Wildman–Crippen MR) is 55.6 cm³/mol. The van der Waals surface area contributed by atoms with Gasteiger partial charge in [0.1, 0.15) is 5.76 Å². The van der Waals surface area contributed by atoms with Gasteiger partial charge >= 0.3 is 0 Å². The summed E-state index contributed by atoms with van der Waals surface area (Å²) in [7, 11) is 0. The lowest BCUT2D eigenvalue weighted by Gasteiger charge is -2.05. The first kappa shape index (κ1) is 11.1. The first-order valence-corrected chi connectivity index (χ1v) is 4.99. The molecule has 4 heteroatoms. The van der Waals surface area contributed by atoms with Crippen LogP contribution in [0.15, 0.2) is 16.5 Å². The van der Waals surface area contributed by atoms with Crippen LogP contribution >= 0.6 is 11.6 Å². The van der Waals surface area contributed by atoms with E-state index in [1.54, 1.807) is 19.1 Å². The Morgan fingerprint density at radius 1 is 1.43 bits per heavy atom. The van der Waals surface area contributed by atoms with Gasteiger partial charge in [0.2, 0.25) is 0 Å². The van der Waals surface area contributed by atoms with Crippen LogP contribution in [0.2, 0.25) is 0 Å². The van der Waals surface area contributed by atoms with Crippen molar-refractivity contribution >= 4 is 17.5 Å². The molecule has 0 radical (unpaired) electrons. The maximum absolute atomic E-state index is 11.4. The van der Waals surface area contributed by atoms with Crippen molar-refractivity contribution < 1.29 is 9.21 Å². The van der Waals surface area contributed by atoms with Gasteiger partial charge in [-0.1, -0.05) is 0 Å². The number of amides is 1. The third-order valence-corrected chi connectivity index (χ3v) is 1.88. The summed E-state index contributed by atoms with van der Waals surface area (Å²) in [5, 5.41) is 2.52. The second-order valence-electron chi connectivity index (χ2n) is 3.45. The number of alkyl halides is 1. The molecule has 3 nitrogen and oxygen atoms in total. The Balaban J connectivity index is 2.71. The highest BCUT2D eigenvalue weighted by Gasteiger charge is 2.13. The van der Waals surface area contributed by atoms with E-state index in [0.717, 1.165) is 0 Å². The van der Waals surface area contributed by atoms with Crippen molar-refractivity contribution in [3.8, 4) is 0 Å². The first-order valence-electron chi connectivity index (χ1n) is 4.55. The molecule has 0 aliphatic carbocycles. The topological polar surface area (TPSA) is 42.2 Å². The van der Waals surface area contributed by atoms with E-state index in [0.29, 0.717) is 11.5 Å². The molecule has 0 saturated carbocycles. The van der Waals surface area contributed by atoms with Crippen LogP contribution in [0.4, 0.5) is 0 Å². The number of nitrogens with one attached hydrogen (secondary N) is 1. The number of rotatable bonds is 3. The highest BCUT2D eigenvalue weighted by Crippen LogP contribution is 2.21. The fourth-order valence-corrected chi connectivity index (χ4v) is 1.14. The summed E-state index contributed by atoms with van der Waals surface area (Å²) in [6.45, 7) is 5.59. The van der Waals surface area contributed by atoms with Crippen molar-refractivity contribution in [2.45, 2.75) is 32.2 Å². The average molecular weight is 216 g/mol. The molecule has 0 aliphatic heterocycles. The highest BCUT2D eigenvalue weighted by atomic mass is 35.5. The molecule has 1 unspecified atom stereocenters. The summed E-state index contributed by atoms with van der Waals surface area (Å²) in [5.74, 6) is 0.713. The van der Waals surface area contributed by atoms with Gasteiger partial charge in [-0.3, -0.25) is 4.79 Å². The van der Waals surface area contributed by atoms with E-state index in [1.165, 1.54) is 0 Å². The van der Waals surface area contributed by atoms with Gasteiger partial charge in [0.05, 0.1) is 5.38 Å². The monoisotopic (exact) mass is 215 g/mol. The molecule has 14 heavy (non-hydrogen) atoms. The maximum atomic E-state index is 11.4. The summed E-state index contributed by atoms with van der Waals surface area (Å²) in [6.07, 6.45) is 0. The molecule has 0 fully saturated rings. The van der Waals surface area contributed by atoms with E-state index in [2.05, 4.69) is 5.32 Å². The van der Waals surface area contributed by atoms with Gasteiger partial charge < -0.3 is 9.73 Å². The second-order valence-corrected chi connectivity index (χ2v) is 4.10. The summed E-state index contributed by atoms with van der Waals surface area (Å²) in [6, 6.07) is 3.45. The third-order valence-electron chi connectivity index (χ3n) is 1.66. The van der Waals surface area contributed by atoms with Crippen molar-refractivity contribution in [1.29, 1.82) is 0 Å². The Morgan fingerprint density at radius 2 is 2.07 bits per heavy atom. The standard InChI is InChI=1S/C10H14ClNO2/c1-6(2)12-10(13)9-5-4-8(14-9)7(3)11/h4-7H,1-3H3,(H,12,13). The third kappa shape index (κ3) is 2.77. The summed E-state index contributed by atoms with van der Waals surface area (Å²) < 4.78 is 5.26. The van der Waals surface area contributed by atoms with Crippen LogP contribution in [0, 0.1) is 0 Å². The van der Waals surface area contributed by atoms with Crippen molar-refractivity contribution in [3.63, 3.8) is 0 Å². The van der Waals surface area contributed by atoms with Crippen LogP contribution in [0.3, 0.4) is 0 Å². The van der Waals surface area contributed by atoms with Crippen LogP contribution in [-0.2, 0) is 0 Å². The van der Waals surface area contributed by atoms with E-state index in [-0.39, 0.29) is 17.3 Å². The van der Waals surface area contributed by atoms with Gasteiger partial charge in [-0.05, 0) is 32.9 Å². The van der Waals surface area contributed by atoms with Gasteiger partial charge in [0.25, 0.3) is 5.91 Å². The maximum Gasteiger partial charge on any atom is 0.287 e. The molecule has 1 heterocycles. The number of carbonyl (C=O) groups excluding carboxylic acids is 1. The van der Waals surface area contributed by atoms with Gasteiger partial charge in [0.15, 0.2) is 5.76 Å². The zero-order chi connectivity index (χ0) is 10.7. The zero-order valence-electron chi connectivity index (χ0n) is 8.50. The normalized spacial score (nSPS) is 12.9. The largest absolute Gasteiger partial charge is 0.454 e. The molecular weight excluding hydrogens is 202 g/mol. The minimum atomic E-state index is -0.212. The van der Waals surface area contributed by atoms with Crippen molar-refractivity contribution in [2.24, 2.45) is 0 Å². The lowest BCUT2D eigenvalue weighted by Crippen LogP contribution is -2.29. The molecule has 78 valence electrons. The Morgan fingerprint density at radius 3 is 2.50 bits per heavy atom. The first-order chi connectivity index (χ1) is 6.50. The minimum absolute atomic E-state index is 0.101. The molecule has 1 aromatic rings. The Labute approximate surface area is 88.4 Å². The Hall–Kier alpha value is -0.960. The molecule has 1 aromatic heterocycles. The molecule has 1 rings (SSSR count). The van der Waals surface area contributed by atoms with Gasteiger partial charge in [0, 0.05) is 6.04 Å². The van der Waals surface area contributed by atoms with Crippen molar-refractivity contribution in [2.75, 3.05) is 0 Å². The van der Waals surface area contributed by atoms with Gasteiger partial charge in [-0.15, -0.1) is 11.6 Å². The predicted octanol–water partition coefficient (Wildman–Crippen LogP) is 2.72. The SMILES string of the molecule is CC(C)NC(=O)c1ccc(C(C)Cl)o1. The van der Waals surface area contributed by atoms with Crippen molar-refractivity contribution in [1.82, 2.24) is 5.32 Å². The van der Waals surface area contributed by atoms with Crippen LogP contribution in [0.25, 0.3) is 0 Å². The lowest BCUT2D eigenvalue weighted by molar-refractivity contribution is 0.0913. The Bertz CT molecular complexity index is 318. The quantitative estimate of drug-likeness (QED) is 0.788. The fraction of sp³-hybridized carbons (Fsp3) is 0.500. The molecule has 0 spiro atoms. The molecule has 1 atom stereocenters. The van der Waals surface area contributed by atoms with Gasteiger partial charge in [-0.25, -0.2) is 0 Å². The van der Waals surface area contributed by atoms with Crippen LogP contribution < -0.4 is 5.32 Å². The minimum Gasteiger partial charge on any atom is -0.454 e. The lowest BCUT2D eigenvalue weighted by atomic mass is 10.3.